The summed E-state index contributed by atoms with van der Waals surface area (Å²) in [5, 5.41) is 25.5. The lowest BCUT2D eigenvalue weighted by Gasteiger charge is -2.09. The first-order chi connectivity index (χ1) is 14.4. The molecule has 3 N–H and O–H groups in total. The number of hydrogen-bond donors (Lipinski definition) is 3. The Morgan fingerprint density at radius 2 is 2.03 bits per heavy atom. The van der Waals surface area contributed by atoms with Gasteiger partial charge in [-0.25, -0.2) is 0 Å². The second kappa shape index (κ2) is 9.05. The number of fused-ring (bicyclic) bond motifs is 1. The standard InChI is InChI=1S/C20H20N4O6/c1-2-23-12-13(14-5-3-4-6-16(14)23)11-15(19(26)21-9-10-25)22-20(27)17-7-8-18(30-17)24(28)29/h3-8,11-12,25H,2,9-10H2,1H3,(H,21,26)(H,22,27). The summed E-state index contributed by atoms with van der Waals surface area (Å²) in [5.41, 5.74) is 1.58. The van der Waals surface area contributed by atoms with Crippen molar-refractivity contribution in [1.29, 1.82) is 0 Å². The largest absolute Gasteiger partial charge is 0.433 e. The van der Waals surface area contributed by atoms with Crippen molar-refractivity contribution < 1.29 is 24.0 Å². The molecule has 0 aliphatic carbocycles. The molecular formula is C20H20N4O6. The van der Waals surface area contributed by atoms with Gasteiger partial charge < -0.3 is 24.7 Å². The Balaban J connectivity index is 1.97. The summed E-state index contributed by atoms with van der Waals surface area (Å²) >= 11 is 0. The van der Waals surface area contributed by atoms with Crippen molar-refractivity contribution in [2.75, 3.05) is 13.2 Å². The fraction of sp³-hybridized carbons (Fsp3) is 0.200. The van der Waals surface area contributed by atoms with Gasteiger partial charge in [-0.2, -0.15) is 0 Å². The maximum Gasteiger partial charge on any atom is 0.433 e. The minimum Gasteiger partial charge on any atom is -0.395 e. The first-order valence-electron chi connectivity index (χ1n) is 9.18. The number of nitrogens with one attached hydrogen (secondary N) is 2. The van der Waals surface area contributed by atoms with Gasteiger partial charge in [-0.05, 0) is 25.1 Å². The fourth-order valence-electron chi connectivity index (χ4n) is 2.96. The van der Waals surface area contributed by atoms with Crippen LogP contribution in [-0.2, 0) is 11.3 Å². The molecule has 10 heteroatoms. The monoisotopic (exact) mass is 412 g/mol. The van der Waals surface area contributed by atoms with Crippen LogP contribution in [0.1, 0.15) is 23.0 Å². The zero-order valence-electron chi connectivity index (χ0n) is 16.1. The van der Waals surface area contributed by atoms with E-state index >= 15 is 0 Å². The molecule has 1 aromatic carbocycles. The van der Waals surface area contributed by atoms with Crippen LogP contribution >= 0.6 is 0 Å². The van der Waals surface area contributed by atoms with Crippen LogP contribution in [0.3, 0.4) is 0 Å². The Morgan fingerprint density at radius 3 is 2.70 bits per heavy atom. The molecule has 0 fully saturated rings. The molecule has 0 spiro atoms. The van der Waals surface area contributed by atoms with Gasteiger partial charge in [0.2, 0.25) is 0 Å². The fourth-order valence-corrected chi connectivity index (χ4v) is 2.96. The van der Waals surface area contributed by atoms with Crippen LogP contribution in [0.25, 0.3) is 17.0 Å². The molecule has 0 bridgehead atoms. The average molecular weight is 412 g/mol. The molecule has 2 amide bonds. The summed E-state index contributed by atoms with van der Waals surface area (Å²) in [4.78, 5) is 35.0. The van der Waals surface area contributed by atoms with Crippen LogP contribution in [0.2, 0.25) is 0 Å². The van der Waals surface area contributed by atoms with Crippen molar-refractivity contribution in [3.8, 4) is 0 Å². The maximum atomic E-state index is 12.5. The van der Waals surface area contributed by atoms with Crippen LogP contribution in [0, 0.1) is 10.1 Å². The van der Waals surface area contributed by atoms with Gasteiger partial charge >= 0.3 is 5.88 Å². The number of hydrogen-bond acceptors (Lipinski definition) is 6. The van der Waals surface area contributed by atoms with Crippen LogP contribution in [0.5, 0.6) is 0 Å². The summed E-state index contributed by atoms with van der Waals surface area (Å²) in [7, 11) is 0. The molecule has 2 aromatic heterocycles. The van der Waals surface area contributed by atoms with Crippen LogP contribution in [0.15, 0.2) is 52.7 Å². The lowest BCUT2D eigenvalue weighted by molar-refractivity contribution is -0.402. The number of aliphatic hydroxyl groups is 1. The topological polar surface area (TPSA) is 140 Å². The SMILES string of the molecule is CCn1cc(C=C(NC(=O)c2ccc([N+](=O)[O-])o2)C(=O)NCCO)c2ccccc21. The molecule has 0 saturated heterocycles. The van der Waals surface area contributed by atoms with Gasteiger partial charge in [0.1, 0.15) is 10.6 Å². The Labute approximate surface area is 170 Å². The van der Waals surface area contributed by atoms with Gasteiger partial charge in [-0.3, -0.25) is 19.7 Å². The van der Waals surface area contributed by atoms with E-state index in [4.69, 9.17) is 9.52 Å². The molecular weight excluding hydrogens is 392 g/mol. The maximum absolute atomic E-state index is 12.5. The van der Waals surface area contributed by atoms with Crippen molar-refractivity contribution in [1.82, 2.24) is 15.2 Å². The van der Waals surface area contributed by atoms with Crippen molar-refractivity contribution in [2.45, 2.75) is 13.5 Å². The molecule has 0 unspecified atom stereocenters. The molecule has 0 radical (unpaired) electrons. The Morgan fingerprint density at radius 1 is 1.27 bits per heavy atom. The van der Waals surface area contributed by atoms with E-state index in [9.17, 15) is 19.7 Å². The van der Waals surface area contributed by atoms with E-state index in [1.165, 1.54) is 6.08 Å². The number of amides is 2. The van der Waals surface area contributed by atoms with E-state index in [1.807, 2.05) is 42.0 Å². The molecule has 0 saturated carbocycles. The zero-order valence-corrected chi connectivity index (χ0v) is 16.1. The molecule has 0 aliphatic rings. The van der Waals surface area contributed by atoms with Gasteiger partial charge in [-0.1, -0.05) is 18.2 Å². The van der Waals surface area contributed by atoms with E-state index in [1.54, 1.807) is 0 Å². The predicted octanol–water partition coefficient (Wildman–Crippen LogP) is 2.04. The quantitative estimate of drug-likeness (QED) is 0.294. The third kappa shape index (κ3) is 4.39. The molecule has 156 valence electrons. The van der Waals surface area contributed by atoms with Crippen molar-refractivity contribution in [3.63, 3.8) is 0 Å². The predicted molar refractivity (Wildman–Crippen MR) is 109 cm³/mol. The van der Waals surface area contributed by atoms with Gasteiger partial charge in [0, 0.05) is 35.8 Å². The van der Waals surface area contributed by atoms with Gasteiger partial charge in [-0.15, -0.1) is 0 Å². The van der Waals surface area contributed by atoms with Crippen molar-refractivity contribution in [3.05, 3.63) is 69.7 Å². The van der Waals surface area contributed by atoms with Crippen LogP contribution < -0.4 is 10.6 Å². The highest BCUT2D eigenvalue weighted by molar-refractivity contribution is 6.06. The number of aliphatic hydroxyl groups excluding tert-OH is 1. The zero-order chi connectivity index (χ0) is 21.7. The first kappa shape index (κ1) is 20.8. The van der Waals surface area contributed by atoms with E-state index in [2.05, 4.69) is 10.6 Å². The molecule has 30 heavy (non-hydrogen) atoms. The normalized spacial score (nSPS) is 11.5. The van der Waals surface area contributed by atoms with Crippen molar-refractivity contribution >= 4 is 34.7 Å². The number of furan rings is 1. The van der Waals surface area contributed by atoms with Crippen LogP contribution in [0.4, 0.5) is 5.88 Å². The lowest BCUT2D eigenvalue weighted by Crippen LogP contribution is -2.36. The lowest BCUT2D eigenvalue weighted by atomic mass is 10.1. The molecule has 3 rings (SSSR count). The summed E-state index contributed by atoms with van der Waals surface area (Å²) in [6.45, 7) is 2.42. The number of aromatic nitrogens is 1. The van der Waals surface area contributed by atoms with E-state index in [0.717, 1.165) is 23.0 Å². The van der Waals surface area contributed by atoms with Gasteiger partial charge in [0.15, 0.2) is 5.76 Å². The summed E-state index contributed by atoms with van der Waals surface area (Å²) < 4.78 is 6.90. The number of carbonyl (C=O) groups excluding carboxylic acids is 2. The van der Waals surface area contributed by atoms with Gasteiger partial charge in [0.05, 0.1) is 12.7 Å². The van der Waals surface area contributed by atoms with Crippen molar-refractivity contribution in [2.24, 2.45) is 0 Å². The number of nitro groups is 1. The Bertz CT molecular complexity index is 1130. The Hall–Kier alpha value is -3.92. The number of carbonyl (C=O) groups is 2. The summed E-state index contributed by atoms with van der Waals surface area (Å²) in [6, 6.07) is 9.82. The second-order valence-electron chi connectivity index (χ2n) is 6.27. The number of aryl methyl sites for hydroxylation is 1. The van der Waals surface area contributed by atoms with Crippen LogP contribution in [-0.4, -0.2) is 39.6 Å². The highest BCUT2D eigenvalue weighted by Crippen LogP contribution is 2.23. The third-order valence-corrected chi connectivity index (χ3v) is 4.35. The smallest absolute Gasteiger partial charge is 0.395 e. The second-order valence-corrected chi connectivity index (χ2v) is 6.27. The van der Waals surface area contributed by atoms with E-state index in [-0.39, 0.29) is 24.6 Å². The minimum atomic E-state index is -0.812. The first-order valence-corrected chi connectivity index (χ1v) is 9.18. The van der Waals surface area contributed by atoms with Gasteiger partial charge in [0.25, 0.3) is 11.8 Å². The molecule has 0 aliphatic heterocycles. The average Bonchev–Trinajstić information content (AvgIpc) is 3.37. The number of nitrogens with zero attached hydrogens (tertiary/aromatic N) is 2. The molecule has 10 nitrogen and oxygen atoms in total. The molecule has 2 heterocycles. The third-order valence-electron chi connectivity index (χ3n) is 4.35. The molecule has 0 atom stereocenters. The highest BCUT2D eigenvalue weighted by Gasteiger charge is 2.21. The minimum absolute atomic E-state index is 0.00497. The highest BCUT2D eigenvalue weighted by atomic mass is 16.6. The van der Waals surface area contributed by atoms with E-state index in [0.29, 0.717) is 12.1 Å². The number of para-hydroxylation sites is 1. The Kier molecular flexibility index (Phi) is 6.28. The van der Waals surface area contributed by atoms with E-state index < -0.39 is 22.6 Å². The molecule has 3 aromatic rings. The number of benzene rings is 1. The number of rotatable bonds is 8. The summed E-state index contributed by atoms with van der Waals surface area (Å²) in [5.74, 6) is -2.32. The summed E-state index contributed by atoms with van der Waals surface area (Å²) in [6.07, 6.45) is 3.37.